The van der Waals surface area contributed by atoms with Gasteiger partial charge in [0.05, 0.1) is 12.3 Å². The molecule has 0 amide bonds. The predicted octanol–water partition coefficient (Wildman–Crippen LogP) is 2.44. The largest absolute Gasteiger partial charge is 0.476 e. The number of hydrogen-bond donors (Lipinski definition) is 2. The Kier molecular flexibility index (Phi) is 5.67. The van der Waals surface area contributed by atoms with Gasteiger partial charge in [-0.1, -0.05) is 13.8 Å². The SMILES string of the molecule is CC(C)COc1nc(N2CCCC2CCCO)ccc1N. The molecule has 1 atom stereocenters. The molecule has 1 fully saturated rings. The number of aliphatic hydroxyl groups is 1. The normalized spacial score (nSPS) is 18.5. The fraction of sp³-hybridized carbons (Fsp3) is 0.688. The molecule has 5 nitrogen and oxygen atoms in total. The molecule has 0 spiro atoms. The van der Waals surface area contributed by atoms with Gasteiger partial charge in [0.2, 0.25) is 5.88 Å². The van der Waals surface area contributed by atoms with Crippen LogP contribution >= 0.6 is 0 Å². The van der Waals surface area contributed by atoms with Crippen LogP contribution in [0, 0.1) is 5.92 Å². The van der Waals surface area contributed by atoms with E-state index < -0.39 is 0 Å². The van der Waals surface area contributed by atoms with Gasteiger partial charge in [0.15, 0.2) is 0 Å². The molecule has 1 aliphatic heterocycles. The van der Waals surface area contributed by atoms with Gasteiger partial charge in [-0.15, -0.1) is 0 Å². The highest BCUT2D eigenvalue weighted by Crippen LogP contribution is 2.30. The third-order valence-corrected chi connectivity index (χ3v) is 3.80. The summed E-state index contributed by atoms with van der Waals surface area (Å²) in [6.45, 7) is 6.09. The number of rotatable bonds is 7. The fourth-order valence-electron chi connectivity index (χ4n) is 2.73. The summed E-state index contributed by atoms with van der Waals surface area (Å²) >= 11 is 0. The zero-order chi connectivity index (χ0) is 15.2. The van der Waals surface area contributed by atoms with Crippen LogP contribution in [-0.4, -0.2) is 35.9 Å². The van der Waals surface area contributed by atoms with Gasteiger partial charge in [0.1, 0.15) is 5.82 Å². The lowest BCUT2D eigenvalue weighted by atomic mass is 10.1. The number of nitrogens with two attached hydrogens (primary N) is 1. The number of ether oxygens (including phenoxy) is 1. The van der Waals surface area contributed by atoms with Crippen LogP contribution in [0.5, 0.6) is 5.88 Å². The van der Waals surface area contributed by atoms with Crippen molar-refractivity contribution < 1.29 is 9.84 Å². The lowest BCUT2D eigenvalue weighted by Gasteiger charge is -2.26. The second kappa shape index (κ2) is 7.50. The number of hydrogen-bond acceptors (Lipinski definition) is 5. The number of anilines is 2. The smallest absolute Gasteiger partial charge is 0.239 e. The van der Waals surface area contributed by atoms with Crippen molar-refractivity contribution >= 4 is 11.5 Å². The number of aromatic nitrogens is 1. The number of aliphatic hydroxyl groups excluding tert-OH is 1. The molecule has 2 heterocycles. The Balaban J connectivity index is 2.09. The zero-order valence-electron chi connectivity index (χ0n) is 13.1. The maximum atomic E-state index is 9.02. The third-order valence-electron chi connectivity index (χ3n) is 3.80. The van der Waals surface area contributed by atoms with Gasteiger partial charge in [0, 0.05) is 19.2 Å². The summed E-state index contributed by atoms with van der Waals surface area (Å²) in [7, 11) is 0. The van der Waals surface area contributed by atoms with Crippen LogP contribution in [0.4, 0.5) is 11.5 Å². The number of pyridine rings is 1. The van der Waals surface area contributed by atoms with Crippen LogP contribution in [0.15, 0.2) is 12.1 Å². The van der Waals surface area contributed by atoms with Gasteiger partial charge in [-0.25, -0.2) is 0 Å². The molecule has 0 aliphatic carbocycles. The minimum Gasteiger partial charge on any atom is -0.476 e. The third kappa shape index (κ3) is 4.24. The summed E-state index contributed by atoms with van der Waals surface area (Å²) in [5.41, 5.74) is 6.54. The van der Waals surface area contributed by atoms with Crippen molar-refractivity contribution in [2.75, 3.05) is 30.4 Å². The Bertz CT molecular complexity index is 451. The van der Waals surface area contributed by atoms with Crippen LogP contribution < -0.4 is 15.4 Å². The number of nitrogens with zero attached hydrogens (tertiary/aromatic N) is 2. The van der Waals surface area contributed by atoms with Crippen LogP contribution in [-0.2, 0) is 0 Å². The zero-order valence-corrected chi connectivity index (χ0v) is 13.1. The van der Waals surface area contributed by atoms with Crippen molar-refractivity contribution in [2.45, 2.75) is 45.6 Å². The molecule has 1 aliphatic rings. The Labute approximate surface area is 127 Å². The second-order valence-electron chi connectivity index (χ2n) is 6.12. The van der Waals surface area contributed by atoms with Crippen LogP contribution in [0.25, 0.3) is 0 Å². The topological polar surface area (TPSA) is 71.6 Å². The van der Waals surface area contributed by atoms with Gasteiger partial charge in [-0.3, -0.25) is 0 Å². The van der Waals surface area contributed by atoms with Crippen molar-refractivity contribution in [3.63, 3.8) is 0 Å². The van der Waals surface area contributed by atoms with E-state index in [1.54, 1.807) is 0 Å². The second-order valence-corrected chi connectivity index (χ2v) is 6.12. The fourth-order valence-corrected chi connectivity index (χ4v) is 2.73. The molecule has 2 rings (SSSR count). The van der Waals surface area contributed by atoms with Gasteiger partial charge in [-0.05, 0) is 43.7 Å². The Morgan fingerprint density at radius 3 is 3.00 bits per heavy atom. The van der Waals surface area contributed by atoms with Gasteiger partial charge >= 0.3 is 0 Å². The van der Waals surface area contributed by atoms with E-state index in [2.05, 4.69) is 23.7 Å². The first-order chi connectivity index (χ1) is 10.1. The summed E-state index contributed by atoms with van der Waals surface area (Å²) in [6, 6.07) is 4.31. The van der Waals surface area contributed by atoms with E-state index in [9.17, 15) is 0 Å². The minimum absolute atomic E-state index is 0.252. The van der Waals surface area contributed by atoms with E-state index in [1.165, 1.54) is 6.42 Å². The van der Waals surface area contributed by atoms with E-state index in [1.807, 2.05) is 12.1 Å². The summed E-state index contributed by atoms with van der Waals surface area (Å²) in [5.74, 6) is 1.91. The van der Waals surface area contributed by atoms with Gasteiger partial charge < -0.3 is 20.5 Å². The molecule has 1 aromatic rings. The summed E-state index contributed by atoms with van der Waals surface area (Å²) in [4.78, 5) is 6.92. The summed E-state index contributed by atoms with van der Waals surface area (Å²) < 4.78 is 5.71. The Morgan fingerprint density at radius 2 is 2.29 bits per heavy atom. The first-order valence-corrected chi connectivity index (χ1v) is 7.88. The molecule has 1 saturated heterocycles. The molecule has 1 unspecified atom stereocenters. The average molecular weight is 293 g/mol. The maximum absolute atomic E-state index is 9.02. The number of nitrogen functional groups attached to an aromatic ring is 1. The first-order valence-electron chi connectivity index (χ1n) is 7.88. The molecule has 21 heavy (non-hydrogen) atoms. The van der Waals surface area contributed by atoms with E-state index in [0.29, 0.717) is 30.1 Å². The van der Waals surface area contributed by atoms with Crippen molar-refractivity contribution in [3.8, 4) is 5.88 Å². The standard InChI is InChI=1S/C16H27N3O2/c1-12(2)11-21-16-14(17)7-8-15(18-16)19-9-3-5-13(19)6-4-10-20/h7-8,12-13,20H,3-6,9-11,17H2,1-2H3. The minimum atomic E-state index is 0.252. The highest BCUT2D eigenvalue weighted by Gasteiger charge is 2.25. The van der Waals surface area contributed by atoms with Crippen molar-refractivity contribution in [1.29, 1.82) is 0 Å². The van der Waals surface area contributed by atoms with Crippen LogP contribution in [0.1, 0.15) is 39.5 Å². The molecule has 5 heteroatoms. The molecule has 0 aromatic carbocycles. The van der Waals surface area contributed by atoms with Crippen molar-refractivity contribution in [2.24, 2.45) is 5.92 Å². The maximum Gasteiger partial charge on any atom is 0.239 e. The van der Waals surface area contributed by atoms with Crippen LogP contribution in [0.2, 0.25) is 0 Å². The predicted molar refractivity (Wildman–Crippen MR) is 85.7 cm³/mol. The Hall–Kier alpha value is -1.49. The quantitative estimate of drug-likeness (QED) is 0.808. The molecular formula is C16H27N3O2. The average Bonchev–Trinajstić information content (AvgIpc) is 2.92. The molecule has 1 aromatic heterocycles. The summed E-state index contributed by atoms with van der Waals surface area (Å²) in [6.07, 6.45) is 4.18. The molecule has 118 valence electrons. The molecule has 0 radical (unpaired) electrons. The van der Waals surface area contributed by atoms with Crippen LogP contribution in [0.3, 0.4) is 0 Å². The first kappa shape index (κ1) is 15.9. The molecular weight excluding hydrogens is 266 g/mol. The van der Waals surface area contributed by atoms with Gasteiger partial charge in [-0.2, -0.15) is 4.98 Å². The van der Waals surface area contributed by atoms with Crippen molar-refractivity contribution in [1.82, 2.24) is 4.98 Å². The summed E-state index contributed by atoms with van der Waals surface area (Å²) in [5, 5.41) is 9.02. The highest BCUT2D eigenvalue weighted by molar-refractivity contribution is 5.55. The van der Waals surface area contributed by atoms with E-state index in [4.69, 9.17) is 15.6 Å². The molecule has 3 N–H and O–H groups in total. The highest BCUT2D eigenvalue weighted by atomic mass is 16.5. The molecule has 0 saturated carbocycles. The lowest BCUT2D eigenvalue weighted by molar-refractivity contribution is 0.263. The Morgan fingerprint density at radius 1 is 1.48 bits per heavy atom. The lowest BCUT2D eigenvalue weighted by Crippen LogP contribution is -2.30. The molecule has 0 bridgehead atoms. The van der Waals surface area contributed by atoms with Gasteiger partial charge in [0.25, 0.3) is 0 Å². The van der Waals surface area contributed by atoms with E-state index >= 15 is 0 Å². The van der Waals surface area contributed by atoms with E-state index in [0.717, 1.165) is 31.6 Å². The van der Waals surface area contributed by atoms with Crippen molar-refractivity contribution in [3.05, 3.63) is 12.1 Å². The van der Waals surface area contributed by atoms with E-state index in [-0.39, 0.29) is 6.61 Å². The monoisotopic (exact) mass is 293 g/mol.